The molecule has 23 heavy (non-hydrogen) atoms. The maximum Gasteiger partial charge on any atom is 0.331 e. The number of hydrogen-bond acceptors (Lipinski definition) is 2. The van der Waals surface area contributed by atoms with Gasteiger partial charge in [0.1, 0.15) is 0 Å². The number of aliphatic carboxylic acids is 1. The molecule has 0 fully saturated rings. The third-order valence-corrected chi connectivity index (χ3v) is 3.64. The molecule has 3 heteroatoms. The fourth-order valence-corrected chi connectivity index (χ4v) is 2.19. The highest BCUT2D eigenvalue weighted by atomic mass is 16.4. The first-order valence-electron chi connectivity index (χ1n) is 8.34. The summed E-state index contributed by atoms with van der Waals surface area (Å²) in [6.07, 6.45) is 12.8. The van der Waals surface area contributed by atoms with Crippen LogP contribution in [0, 0.1) is 0 Å². The van der Waals surface area contributed by atoms with Crippen molar-refractivity contribution in [1.82, 2.24) is 0 Å². The lowest BCUT2D eigenvalue weighted by molar-refractivity contribution is -0.132. The Morgan fingerprint density at radius 3 is 1.83 bits per heavy atom. The number of hydrogen-bond donors (Lipinski definition) is 2. The predicted molar refractivity (Wildman–Crippen MR) is 97.5 cm³/mol. The number of carbonyl (C=O) groups is 1. The van der Waals surface area contributed by atoms with Crippen LogP contribution in [0.1, 0.15) is 66.2 Å². The highest BCUT2D eigenvalue weighted by Gasteiger charge is 2.05. The van der Waals surface area contributed by atoms with Gasteiger partial charge >= 0.3 is 5.97 Å². The first-order chi connectivity index (χ1) is 10.9. The highest BCUT2D eigenvalue weighted by Crippen LogP contribution is 2.14. The molecule has 0 saturated carbocycles. The van der Waals surface area contributed by atoms with E-state index in [0.29, 0.717) is 18.4 Å². The first-order valence-corrected chi connectivity index (χ1v) is 8.34. The molecule has 0 aromatic heterocycles. The average molecular weight is 320 g/mol. The summed E-state index contributed by atoms with van der Waals surface area (Å²) in [6.45, 7) is 8.29. The van der Waals surface area contributed by atoms with E-state index in [1.165, 1.54) is 11.1 Å². The molecule has 0 amide bonds. The SMILES string of the molecule is CC(C)=CCCC(C)=CCCC(=CCCC(C)=CCO)C(=O)O. The minimum atomic E-state index is -0.829. The van der Waals surface area contributed by atoms with Gasteiger partial charge in [0.05, 0.1) is 6.61 Å². The van der Waals surface area contributed by atoms with Crippen molar-refractivity contribution in [3.8, 4) is 0 Å². The van der Waals surface area contributed by atoms with Gasteiger partial charge in [-0.3, -0.25) is 0 Å². The first kappa shape index (κ1) is 21.4. The van der Waals surface area contributed by atoms with E-state index >= 15 is 0 Å². The average Bonchev–Trinajstić information content (AvgIpc) is 2.45. The Balaban J connectivity index is 4.35. The molecular weight excluding hydrogens is 288 g/mol. The van der Waals surface area contributed by atoms with Crippen LogP contribution in [0.4, 0.5) is 0 Å². The van der Waals surface area contributed by atoms with E-state index in [9.17, 15) is 9.90 Å². The van der Waals surface area contributed by atoms with E-state index in [1.807, 2.05) is 13.0 Å². The molecule has 0 saturated heterocycles. The van der Waals surface area contributed by atoms with Gasteiger partial charge in [0, 0.05) is 5.57 Å². The summed E-state index contributed by atoms with van der Waals surface area (Å²) in [5, 5.41) is 18.1. The van der Waals surface area contributed by atoms with Crippen LogP contribution in [0.5, 0.6) is 0 Å². The molecule has 3 nitrogen and oxygen atoms in total. The van der Waals surface area contributed by atoms with Gasteiger partial charge in [-0.15, -0.1) is 0 Å². The van der Waals surface area contributed by atoms with Crippen molar-refractivity contribution in [2.45, 2.75) is 66.2 Å². The summed E-state index contributed by atoms with van der Waals surface area (Å²) in [5.41, 5.74) is 4.21. The van der Waals surface area contributed by atoms with E-state index in [2.05, 4.69) is 32.9 Å². The molecule has 0 unspecified atom stereocenters. The highest BCUT2D eigenvalue weighted by molar-refractivity contribution is 5.86. The minimum Gasteiger partial charge on any atom is -0.478 e. The van der Waals surface area contributed by atoms with Crippen LogP contribution in [-0.4, -0.2) is 22.8 Å². The Labute approximate surface area is 141 Å². The van der Waals surface area contributed by atoms with Crippen LogP contribution >= 0.6 is 0 Å². The Bertz CT molecular complexity index is 475. The molecule has 0 radical (unpaired) electrons. The molecule has 130 valence electrons. The van der Waals surface area contributed by atoms with Gasteiger partial charge in [-0.1, -0.05) is 41.0 Å². The summed E-state index contributed by atoms with van der Waals surface area (Å²) in [6, 6.07) is 0. The van der Waals surface area contributed by atoms with Crippen LogP contribution < -0.4 is 0 Å². The van der Waals surface area contributed by atoms with Crippen molar-refractivity contribution in [1.29, 1.82) is 0 Å². The van der Waals surface area contributed by atoms with Gasteiger partial charge in [-0.05, 0) is 66.2 Å². The summed E-state index contributed by atoms with van der Waals surface area (Å²) >= 11 is 0. The molecule has 0 atom stereocenters. The monoisotopic (exact) mass is 320 g/mol. The van der Waals surface area contributed by atoms with Crippen LogP contribution in [0.3, 0.4) is 0 Å². The number of carboxylic acids is 1. The van der Waals surface area contributed by atoms with Crippen LogP contribution in [-0.2, 0) is 4.79 Å². The third-order valence-electron chi connectivity index (χ3n) is 3.64. The second-order valence-corrected chi connectivity index (χ2v) is 6.22. The summed E-state index contributed by atoms with van der Waals surface area (Å²) in [4.78, 5) is 11.3. The van der Waals surface area contributed by atoms with Gasteiger partial charge in [0.15, 0.2) is 0 Å². The van der Waals surface area contributed by atoms with Crippen molar-refractivity contribution in [3.63, 3.8) is 0 Å². The maximum absolute atomic E-state index is 11.3. The molecule has 0 aliphatic carbocycles. The van der Waals surface area contributed by atoms with Crippen LogP contribution in [0.15, 0.2) is 46.6 Å². The fraction of sp³-hybridized carbons (Fsp3) is 0.550. The van der Waals surface area contributed by atoms with Gasteiger partial charge in [0.2, 0.25) is 0 Å². The second-order valence-electron chi connectivity index (χ2n) is 6.22. The van der Waals surface area contributed by atoms with Crippen molar-refractivity contribution < 1.29 is 15.0 Å². The molecule has 0 aliphatic rings. The smallest absolute Gasteiger partial charge is 0.331 e. The molecule has 0 heterocycles. The van der Waals surface area contributed by atoms with Crippen molar-refractivity contribution in [2.75, 3.05) is 6.61 Å². The Hall–Kier alpha value is -1.61. The fourth-order valence-electron chi connectivity index (χ4n) is 2.19. The van der Waals surface area contributed by atoms with Crippen molar-refractivity contribution in [2.24, 2.45) is 0 Å². The zero-order chi connectivity index (χ0) is 17.7. The lowest BCUT2D eigenvalue weighted by atomic mass is 10.0. The quantitative estimate of drug-likeness (QED) is 0.407. The zero-order valence-electron chi connectivity index (χ0n) is 15.1. The van der Waals surface area contributed by atoms with E-state index in [1.54, 1.807) is 6.08 Å². The zero-order valence-corrected chi connectivity index (χ0v) is 15.1. The number of allylic oxidation sites excluding steroid dienone is 6. The molecule has 0 rings (SSSR count). The standard InChI is InChI=1S/C20H32O3/c1-16(2)8-5-9-17(3)10-6-12-19(20(22)23)13-7-11-18(4)14-15-21/h8,10,13-14,21H,5-7,9,11-12,15H2,1-4H3,(H,22,23). The maximum atomic E-state index is 11.3. The van der Waals surface area contributed by atoms with E-state index in [0.717, 1.165) is 31.3 Å². The van der Waals surface area contributed by atoms with Crippen LogP contribution in [0.2, 0.25) is 0 Å². The number of carboxylic acid groups (broad SMARTS) is 1. The topological polar surface area (TPSA) is 57.5 Å². The Kier molecular flexibility index (Phi) is 12.0. The van der Waals surface area contributed by atoms with Gasteiger partial charge in [-0.2, -0.15) is 0 Å². The van der Waals surface area contributed by atoms with E-state index < -0.39 is 5.97 Å². The lowest BCUT2D eigenvalue weighted by Crippen LogP contribution is -2.00. The third kappa shape index (κ3) is 12.6. The van der Waals surface area contributed by atoms with Gasteiger partial charge < -0.3 is 10.2 Å². The number of aliphatic hydroxyl groups is 1. The van der Waals surface area contributed by atoms with E-state index in [4.69, 9.17) is 5.11 Å². The molecule has 0 aromatic rings. The summed E-state index contributed by atoms with van der Waals surface area (Å²) in [5.74, 6) is -0.829. The lowest BCUT2D eigenvalue weighted by Gasteiger charge is -2.03. The Morgan fingerprint density at radius 2 is 1.30 bits per heavy atom. The number of rotatable bonds is 11. The largest absolute Gasteiger partial charge is 0.478 e. The summed E-state index contributed by atoms with van der Waals surface area (Å²) < 4.78 is 0. The summed E-state index contributed by atoms with van der Waals surface area (Å²) in [7, 11) is 0. The van der Waals surface area contributed by atoms with E-state index in [-0.39, 0.29) is 6.61 Å². The minimum absolute atomic E-state index is 0.0398. The molecule has 0 bridgehead atoms. The normalized spacial score (nSPS) is 13.2. The number of aliphatic hydroxyl groups excluding tert-OH is 1. The molecule has 0 aliphatic heterocycles. The molecule has 0 aromatic carbocycles. The molecular formula is C20H32O3. The molecule has 2 N–H and O–H groups in total. The van der Waals surface area contributed by atoms with Gasteiger partial charge in [0.25, 0.3) is 0 Å². The second kappa shape index (κ2) is 12.9. The predicted octanol–water partition coefficient (Wildman–Crippen LogP) is 5.19. The van der Waals surface area contributed by atoms with Crippen molar-refractivity contribution in [3.05, 3.63) is 46.6 Å². The Morgan fingerprint density at radius 1 is 0.783 bits per heavy atom. The van der Waals surface area contributed by atoms with Crippen molar-refractivity contribution >= 4 is 5.97 Å². The van der Waals surface area contributed by atoms with Crippen LogP contribution in [0.25, 0.3) is 0 Å². The van der Waals surface area contributed by atoms with Gasteiger partial charge in [-0.25, -0.2) is 4.79 Å². The molecule has 0 spiro atoms.